The Morgan fingerprint density at radius 1 is 1.00 bits per heavy atom. The predicted octanol–water partition coefficient (Wildman–Crippen LogP) is 3.30. The summed E-state index contributed by atoms with van der Waals surface area (Å²) < 4.78 is 16.2. The summed E-state index contributed by atoms with van der Waals surface area (Å²) in [4.78, 5) is 13.0. The zero-order valence-corrected chi connectivity index (χ0v) is 15.4. The van der Waals surface area contributed by atoms with E-state index >= 15 is 0 Å². The van der Waals surface area contributed by atoms with Crippen LogP contribution in [0.4, 0.5) is 0 Å². The van der Waals surface area contributed by atoms with Crippen LogP contribution in [0.2, 0.25) is 0 Å². The van der Waals surface area contributed by atoms with Crippen molar-refractivity contribution < 1.29 is 24.1 Å². The Kier molecular flexibility index (Phi) is 7.29. The van der Waals surface area contributed by atoms with E-state index in [1.807, 2.05) is 31.3 Å². The normalized spacial score (nSPS) is 10.6. The van der Waals surface area contributed by atoms with Crippen molar-refractivity contribution in [3.63, 3.8) is 0 Å². The second-order valence-corrected chi connectivity index (χ2v) is 5.99. The van der Waals surface area contributed by atoms with Crippen LogP contribution in [0, 0.1) is 0 Å². The van der Waals surface area contributed by atoms with Gasteiger partial charge in [-0.15, -0.1) is 0 Å². The van der Waals surface area contributed by atoms with Gasteiger partial charge in [0.2, 0.25) is 0 Å². The number of methoxy groups -OCH3 is 2. The third kappa shape index (κ3) is 5.97. The maximum Gasteiger partial charge on any atom is 0.335 e. The fourth-order valence-corrected chi connectivity index (χ4v) is 2.53. The van der Waals surface area contributed by atoms with E-state index in [-0.39, 0.29) is 0 Å². The molecule has 0 aliphatic heterocycles. The van der Waals surface area contributed by atoms with Gasteiger partial charge >= 0.3 is 5.97 Å². The van der Waals surface area contributed by atoms with Crippen molar-refractivity contribution in [1.29, 1.82) is 0 Å². The summed E-state index contributed by atoms with van der Waals surface area (Å²) in [6.07, 6.45) is 0.864. The van der Waals surface area contributed by atoms with Gasteiger partial charge in [0.15, 0.2) is 0 Å². The molecule has 0 aromatic heterocycles. The molecular formula is C20H25NO5. The zero-order valence-electron chi connectivity index (χ0n) is 15.4. The molecule has 0 spiro atoms. The Labute approximate surface area is 153 Å². The van der Waals surface area contributed by atoms with Gasteiger partial charge in [0, 0.05) is 31.3 Å². The molecule has 140 valence electrons. The predicted molar refractivity (Wildman–Crippen MR) is 99.4 cm³/mol. The van der Waals surface area contributed by atoms with Crippen LogP contribution in [0.25, 0.3) is 0 Å². The van der Waals surface area contributed by atoms with Crippen molar-refractivity contribution in [3.8, 4) is 17.2 Å². The van der Waals surface area contributed by atoms with E-state index in [9.17, 15) is 4.79 Å². The van der Waals surface area contributed by atoms with Gasteiger partial charge in [-0.25, -0.2) is 4.79 Å². The molecule has 0 bridgehead atoms. The fraction of sp³-hybridized carbons (Fsp3) is 0.350. The van der Waals surface area contributed by atoms with Crippen molar-refractivity contribution in [1.82, 2.24) is 4.90 Å². The van der Waals surface area contributed by atoms with Crippen LogP contribution in [-0.4, -0.2) is 50.4 Å². The number of carboxylic acid groups (broad SMARTS) is 1. The third-order valence-corrected chi connectivity index (χ3v) is 3.93. The number of carbonyl (C=O) groups is 1. The number of carboxylic acids is 1. The number of nitrogens with zero attached hydrogens (tertiary/aromatic N) is 1. The molecule has 6 nitrogen and oxygen atoms in total. The molecule has 0 radical (unpaired) electrons. The molecule has 0 unspecified atom stereocenters. The Balaban J connectivity index is 1.76. The highest BCUT2D eigenvalue weighted by Gasteiger charge is 2.05. The lowest BCUT2D eigenvalue weighted by Crippen LogP contribution is -2.20. The first-order chi connectivity index (χ1) is 12.5. The molecule has 1 N–H and O–H groups in total. The molecule has 0 aliphatic carbocycles. The molecule has 2 aromatic carbocycles. The first kappa shape index (κ1) is 19.6. The number of aromatic carboxylic acids is 1. The fourth-order valence-electron chi connectivity index (χ4n) is 2.53. The highest BCUT2D eigenvalue weighted by Crippen LogP contribution is 2.27. The topological polar surface area (TPSA) is 68.2 Å². The van der Waals surface area contributed by atoms with Crippen LogP contribution in [0.1, 0.15) is 22.3 Å². The van der Waals surface area contributed by atoms with Crippen molar-refractivity contribution >= 4 is 5.97 Å². The molecule has 2 rings (SSSR count). The van der Waals surface area contributed by atoms with Crippen molar-refractivity contribution in [2.45, 2.75) is 13.0 Å². The number of hydrogen-bond acceptors (Lipinski definition) is 5. The van der Waals surface area contributed by atoms with Crippen LogP contribution in [0.5, 0.6) is 17.2 Å². The SMILES string of the molecule is COc1cc(OC)cc(OCCCN(C)Cc2ccc(C(=O)O)cc2)c1. The van der Waals surface area contributed by atoms with Gasteiger partial charge in [-0.3, -0.25) is 0 Å². The standard InChI is InChI=1S/C20H25NO5/c1-21(14-15-5-7-16(8-6-15)20(22)23)9-4-10-26-19-12-17(24-2)11-18(13-19)25-3/h5-8,11-13H,4,9-10,14H2,1-3H3,(H,22,23). The third-order valence-electron chi connectivity index (χ3n) is 3.93. The largest absolute Gasteiger partial charge is 0.496 e. The summed E-state index contributed by atoms with van der Waals surface area (Å²) in [6, 6.07) is 12.4. The second-order valence-electron chi connectivity index (χ2n) is 5.99. The number of ether oxygens (including phenoxy) is 3. The van der Waals surface area contributed by atoms with E-state index in [2.05, 4.69) is 4.90 Å². The van der Waals surface area contributed by atoms with Gasteiger partial charge < -0.3 is 24.2 Å². The van der Waals surface area contributed by atoms with Crippen molar-refractivity contribution in [2.24, 2.45) is 0 Å². The van der Waals surface area contributed by atoms with Crippen molar-refractivity contribution in [2.75, 3.05) is 34.4 Å². The van der Waals surface area contributed by atoms with E-state index in [1.165, 1.54) is 0 Å². The molecule has 26 heavy (non-hydrogen) atoms. The Bertz CT molecular complexity index is 692. The van der Waals surface area contributed by atoms with Gasteiger partial charge in [0.25, 0.3) is 0 Å². The maximum atomic E-state index is 10.9. The van der Waals surface area contributed by atoms with Crippen LogP contribution in [-0.2, 0) is 6.54 Å². The molecule has 6 heteroatoms. The van der Waals surface area contributed by atoms with E-state index < -0.39 is 5.97 Å². The lowest BCUT2D eigenvalue weighted by Gasteiger charge is -2.17. The average molecular weight is 359 g/mol. The number of benzene rings is 2. The van der Waals surface area contributed by atoms with E-state index in [4.69, 9.17) is 19.3 Å². The molecule has 0 amide bonds. The Morgan fingerprint density at radius 3 is 2.12 bits per heavy atom. The van der Waals surface area contributed by atoms with Crippen LogP contribution < -0.4 is 14.2 Å². The lowest BCUT2D eigenvalue weighted by molar-refractivity contribution is 0.0697. The lowest BCUT2D eigenvalue weighted by atomic mass is 10.1. The molecule has 0 heterocycles. The van der Waals surface area contributed by atoms with E-state index in [1.54, 1.807) is 32.4 Å². The monoisotopic (exact) mass is 359 g/mol. The summed E-state index contributed by atoms with van der Waals surface area (Å²) in [6.45, 7) is 2.20. The van der Waals surface area contributed by atoms with Gasteiger partial charge in [-0.1, -0.05) is 12.1 Å². The first-order valence-electron chi connectivity index (χ1n) is 8.38. The second kappa shape index (κ2) is 9.68. The molecule has 0 saturated carbocycles. The molecule has 0 fully saturated rings. The molecule has 2 aromatic rings. The minimum absolute atomic E-state index is 0.304. The van der Waals surface area contributed by atoms with Gasteiger partial charge in [0.1, 0.15) is 17.2 Å². The van der Waals surface area contributed by atoms with Gasteiger partial charge in [-0.2, -0.15) is 0 Å². The quantitative estimate of drug-likeness (QED) is 0.657. The summed E-state index contributed by atoms with van der Waals surface area (Å²) in [7, 11) is 5.24. The minimum atomic E-state index is -0.906. The zero-order chi connectivity index (χ0) is 18.9. The smallest absolute Gasteiger partial charge is 0.335 e. The summed E-state index contributed by atoms with van der Waals surface area (Å²) >= 11 is 0. The average Bonchev–Trinajstić information content (AvgIpc) is 2.65. The van der Waals surface area contributed by atoms with E-state index in [0.29, 0.717) is 29.4 Å². The van der Waals surface area contributed by atoms with E-state index in [0.717, 1.165) is 25.1 Å². The summed E-state index contributed by atoms with van der Waals surface area (Å²) in [5.74, 6) is 1.20. The molecule has 0 atom stereocenters. The minimum Gasteiger partial charge on any atom is -0.496 e. The number of hydrogen-bond donors (Lipinski definition) is 1. The number of rotatable bonds is 10. The molecule has 0 saturated heterocycles. The Morgan fingerprint density at radius 2 is 1.58 bits per heavy atom. The molecule has 0 aliphatic rings. The van der Waals surface area contributed by atoms with Crippen LogP contribution >= 0.6 is 0 Å². The van der Waals surface area contributed by atoms with Crippen LogP contribution in [0.15, 0.2) is 42.5 Å². The Hall–Kier alpha value is -2.73. The summed E-state index contributed by atoms with van der Waals surface area (Å²) in [5, 5.41) is 8.92. The summed E-state index contributed by atoms with van der Waals surface area (Å²) in [5.41, 5.74) is 1.38. The first-order valence-corrected chi connectivity index (χ1v) is 8.38. The highest BCUT2D eigenvalue weighted by molar-refractivity contribution is 5.87. The van der Waals surface area contributed by atoms with Gasteiger partial charge in [-0.05, 0) is 31.2 Å². The molecular weight excluding hydrogens is 334 g/mol. The van der Waals surface area contributed by atoms with Crippen molar-refractivity contribution in [3.05, 3.63) is 53.6 Å². The van der Waals surface area contributed by atoms with Crippen LogP contribution in [0.3, 0.4) is 0 Å². The maximum absolute atomic E-state index is 10.9. The highest BCUT2D eigenvalue weighted by atomic mass is 16.5. The van der Waals surface area contributed by atoms with Gasteiger partial charge in [0.05, 0.1) is 26.4 Å².